The van der Waals surface area contributed by atoms with Crippen molar-refractivity contribution in [2.75, 3.05) is 117 Å². The van der Waals surface area contributed by atoms with Gasteiger partial charge in [-0.1, -0.05) is 103 Å². The number of methoxy groups -OCH3 is 1. The van der Waals surface area contributed by atoms with Crippen molar-refractivity contribution in [1.82, 2.24) is 51.9 Å². The second-order valence-electron chi connectivity index (χ2n) is 31.1. The molecule has 2 aliphatic rings. The number of thioether (sulfide) groups is 1. The number of likely N-dealkylation sites (N-methyl/N-ethyl adjacent to an activating group) is 1. The number of aryl methyl sites for hydroxylation is 1. The number of carboxylic acids is 2. The van der Waals surface area contributed by atoms with E-state index in [-0.39, 0.29) is 91.3 Å². The number of nitrogens with two attached hydrogens (primary N) is 3. The fourth-order valence-electron chi connectivity index (χ4n) is 13.3. The van der Waals surface area contributed by atoms with Gasteiger partial charge in [0.2, 0.25) is 47.3 Å². The molecule has 2 aromatic carbocycles. The second kappa shape index (κ2) is 51.6. The van der Waals surface area contributed by atoms with E-state index >= 15 is 0 Å². The summed E-state index contributed by atoms with van der Waals surface area (Å²) < 4.78 is 35.9. The van der Waals surface area contributed by atoms with E-state index in [1.165, 1.54) is 33.9 Å². The SMILES string of the molecule is CO[C@@H](Cc1ccccc1)[C@@H](C)/C=C(C)/C=C/[C@H]1NC(=O)[C@H](CCCN=C(N)N)NC(=O)[C@@H](C)[C@H](C(=O)O)NC(=O)[C@H](CC(C)C)NC(=O)[C@@H](C)NC(=O)C(CSCCC(=O)NCCCOCCOCCOCCOCCOCCCNc2cc(-n3nc(C)c4c3CC(C)(C)CC4=O)ccc2C(N)=O)N(C)C(=O)CC[C@H](C(=O)O)NC(=O)[C@H]1C. The first-order chi connectivity index (χ1) is 56.5. The zero-order valence-electron chi connectivity index (χ0n) is 70.8. The van der Waals surface area contributed by atoms with E-state index in [0.717, 1.165) is 33.6 Å². The number of fused-ring (bicyclic) bond motifs is 1. The monoisotopic (exact) mass is 1690 g/mol. The first-order valence-corrected chi connectivity index (χ1v) is 41.7. The first kappa shape index (κ1) is 99.7. The molecule has 0 spiro atoms. The number of guanidine groups is 1. The van der Waals surface area contributed by atoms with Gasteiger partial charge in [-0.3, -0.25) is 52.9 Å². The normalized spacial score (nSPS) is 21.4. The Morgan fingerprint density at radius 3 is 1.92 bits per heavy atom. The quantitative estimate of drug-likeness (QED) is 0.0167. The van der Waals surface area contributed by atoms with E-state index in [0.29, 0.717) is 133 Å². The zero-order chi connectivity index (χ0) is 87.9. The summed E-state index contributed by atoms with van der Waals surface area (Å²) in [5, 5.41) is 47.4. The number of rotatable bonds is 43. The lowest BCUT2D eigenvalue weighted by Crippen LogP contribution is -2.59. The molecule has 5 rings (SSSR count). The second-order valence-corrected chi connectivity index (χ2v) is 32.3. The van der Waals surface area contributed by atoms with Crippen LogP contribution < -0.4 is 59.7 Å². The molecule has 0 bridgehead atoms. The number of ketones is 1. The standard InChI is InChI=1S/C83H127N15O20S/c1-50(2)43-64-78(107)95-72(81(111)112)54(6)75(104)92-61(21-16-29-89-82(85)86)77(106)91-60(25-22-51(3)44-52(4)68(113-12)45-57-19-14-13-15-20-57)53(5)74(103)93-62(80(109)110)26-27-70(101)97(11)66(79(108)90-56(8)76(105)94-64)49-119-42-28-69(100)88-31-18-33-115-35-37-117-39-41-118-40-38-116-36-34-114-32-17-30-87-63-46-58(23-24-59(63)73(84)102)98-65-47-83(9,10)48-67(99)71(65)55(7)96-98/h13-15,19-20,22-25,44,46,50,52-54,56,60-62,64,66,68,72,87H,16-18,21,26-43,45,47-49H2,1-12H3,(H2,84,102)(H,88,100)(H,90,108)(H,91,106)(H,92,104)(H,93,103)(H,94,105)(H,95,107)(H,109,110)(H,111,112)(H4,85,86,89)/b25-22+,51-44+/t52-,53-,54-,56+,60+,61-,62+,64-,66?,68-,72+/m0/s1. The van der Waals surface area contributed by atoms with Crippen molar-refractivity contribution in [1.29, 1.82) is 0 Å². The summed E-state index contributed by atoms with van der Waals surface area (Å²) >= 11 is 1.14. The largest absolute Gasteiger partial charge is 0.480 e. The van der Waals surface area contributed by atoms with E-state index in [2.05, 4.69) is 61.4 Å². The van der Waals surface area contributed by atoms with Crippen LogP contribution in [0.5, 0.6) is 0 Å². The third-order valence-electron chi connectivity index (χ3n) is 20.1. The van der Waals surface area contributed by atoms with Crippen LogP contribution in [0.25, 0.3) is 5.69 Å². The number of hydrogen-bond acceptors (Lipinski definition) is 22. The Morgan fingerprint density at radius 2 is 1.33 bits per heavy atom. The average molecular weight is 1690 g/mol. The van der Waals surface area contributed by atoms with E-state index < -0.39 is 126 Å². The van der Waals surface area contributed by atoms with Crippen LogP contribution in [0.3, 0.4) is 0 Å². The minimum atomic E-state index is -1.94. The zero-order valence-corrected chi connectivity index (χ0v) is 71.7. The van der Waals surface area contributed by atoms with Gasteiger partial charge in [-0.15, -0.1) is 0 Å². The Bertz CT molecular complexity index is 3950. The lowest BCUT2D eigenvalue weighted by atomic mass is 9.75. The first-order valence-electron chi connectivity index (χ1n) is 40.6. The summed E-state index contributed by atoms with van der Waals surface area (Å²) in [4.78, 5) is 169. The van der Waals surface area contributed by atoms with Gasteiger partial charge in [0.1, 0.15) is 36.3 Å². The van der Waals surface area contributed by atoms with Crippen LogP contribution in [-0.4, -0.2) is 262 Å². The molecule has 3 aromatic rings. The molecule has 119 heavy (non-hydrogen) atoms. The maximum Gasteiger partial charge on any atom is 0.327 e. The molecule has 1 aromatic heterocycles. The number of ether oxygens (including phenoxy) is 6. The summed E-state index contributed by atoms with van der Waals surface area (Å²) in [6.07, 6.45) is 6.64. The topological polar surface area (TPSA) is 508 Å². The van der Waals surface area contributed by atoms with E-state index in [1.807, 2.05) is 56.3 Å². The lowest BCUT2D eigenvalue weighted by Gasteiger charge is -2.29. The van der Waals surface area contributed by atoms with Gasteiger partial charge in [-0.25, -0.2) is 14.3 Å². The number of carbonyl (C=O) groups is 12. The highest BCUT2D eigenvalue weighted by atomic mass is 32.2. The number of nitrogens with one attached hydrogen (secondary N) is 8. The molecule has 660 valence electrons. The third kappa shape index (κ3) is 34.8. The fourth-order valence-corrected chi connectivity index (χ4v) is 14.4. The lowest BCUT2D eigenvalue weighted by molar-refractivity contribution is -0.146. The van der Waals surface area contributed by atoms with Crippen LogP contribution in [0.15, 0.2) is 77.3 Å². The van der Waals surface area contributed by atoms with Crippen molar-refractivity contribution >= 4 is 94.3 Å². The number of nitrogens with zero attached hydrogens (tertiary/aromatic N) is 4. The highest BCUT2D eigenvalue weighted by Crippen LogP contribution is 2.38. The molecule has 1 unspecified atom stereocenters. The van der Waals surface area contributed by atoms with Gasteiger partial charge in [-0.2, -0.15) is 16.9 Å². The Kier molecular flexibility index (Phi) is 43.2. The summed E-state index contributed by atoms with van der Waals surface area (Å²) in [6, 6.07) is 4.54. The van der Waals surface area contributed by atoms with Crippen LogP contribution >= 0.6 is 11.8 Å². The smallest absolute Gasteiger partial charge is 0.327 e. The van der Waals surface area contributed by atoms with Gasteiger partial charge in [0.25, 0.3) is 5.91 Å². The van der Waals surface area contributed by atoms with Crippen LogP contribution in [0.1, 0.15) is 158 Å². The summed E-state index contributed by atoms with van der Waals surface area (Å²) in [7, 11) is 2.91. The predicted octanol–water partition coefficient (Wildman–Crippen LogP) is 3.44. The molecule has 11 atom stereocenters. The minimum Gasteiger partial charge on any atom is -0.480 e. The molecule has 2 heterocycles. The number of aromatic nitrogens is 2. The van der Waals surface area contributed by atoms with E-state index in [9.17, 15) is 67.7 Å². The number of carboxylic acid groups (broad SMARTS) is 2. The van der Waals surface area contributed by atoms with Crippen LogP contribution in [0, 0.1) is 36.0 Å². The maximum absolute atomic E-state index is 14.7. The molecule has 1 fully saturated rings. The van der Waals surface area contributed by atoms with Crippen molar-refractivity contribution in [2.45, 2.75) is 188 Å². The van der Waals surface area contributed by atoms with Gasteiger partial charge in [0, 0.05) is 89.4 Å². The van der Waals surface area contributed by atoms with Crippen LogP contribution in [-0.2, 0) is 89.2 Å². The predicted molar refractivity (Wildman–Crippen MR) is 449 cm³/mol. The number of aliphatic carboxylic acids is 2. The number of Topliss-reactive ketones (excluding diaryl/α,β-unsaturated/α-hetero) is 1. The van der Waals surface area contributed by atoms with Gasteiger partial charge >= 0.3 is 11.9 Å². The molecule has 36 heteroatoms. The third-order valence-corrected chi connectivity index (χ3v) is 21.2. The maximum atomic E-state index is 14.7. The molecule has 35 nitrogen and oxygen atoms in total. The molecule has 1 aliphatic carbocycles. The number of primary amides is 1. The van der Waals surface area contributed by atoms with Gasteiger partial charge < -0.3 is 103 Å². The molecule has 9 amide bonds. The Morgan fingerprint density at radius 1 is 0.723 bits per heavy atom. The van der Waals surface area contributed by atoms with Crippen LogP contribution in [0.4, 0.5) is 5.69 Å². The molecular weight excluding hydrogens is 1560 g/mol. The molecule has 16 N–H and O–H groups in total. The van der Waals surface area contributed by atoms with Crippen molar-refractivity contribution < 1.29 is 96.2 Å². The summed E-state index contributed by atoms with van der Waals surface area (Å²) in [6.45, 7) is 21.5. The van der Waals surface area contributed by atoms with Crippen molar-refractivity contribution in [2.24, 2.45) is 51.3 Å². The van der Waals surface area contributed by atoms with Gasteiger partial charge in [0.05, 0.1) is 105 Å². The highest BCUT2D eigenvalue weighted by Gasteiger charge is 2.40. The number of allylic oxidation sites excluding steroid dienone is 2. The number of anilines is 1. The Balaban J connectivity index is 1.12. The number of benzene rings is 2. The van der Waals surface area contributed by atoms with Crippen molar-refractivity contribution in [3.8, 4) is 5.69 Å². The van der Waals surface area contributed by atoms with Crippen molar-refractivity contribution in [3.63, 3.8) is 0 Å². The molecule has 0 radical (unpaired) electrons. The average Bonchev–Trinajstić information content (AvgIpc) is 1.61. The Labute approximate surface area is 701 Å². The molecule has 1 aliphatic heterocycles. The number of amides is 9. The van der Waals surface area contributed by atoms with E-state index in [1.54, 1.807) is 50.8 Å². The summed E-state index contributed by atoms with van der Waals surface area (Å²) in [5.41, 5.74) is 22.2. The molecule has 0 saturated carbocycles. The van der Waals surface area contributed by atoms with E-state index in [4.69, 9.17) is 50.7 Å². The number of carbonyl (C=O) groups excluding carboxylic acids is 10. The Hall–Kier alpha value is -9.85. The number of hydrogen-bond donors (Lipinski definition) is 13. The minimum absolute atomic E-state index is 0.000975. The van der Waals surface area contributed by atoms with Gasteiger partial charge in [0.15, 0.2) is 11.7 Å². The van der Waals surface area contributed by atoms with Crippen molar-refractivity contribution in [3.05, 3.63) is 100 Å². The van der Waals surface area contributed by atoms with Crippen LogP contribution in [0.2, 0.25) is 0 Å². The summed E-state index contributed by atoms with van der Waals surface area (Å²) in [5.74, 6) is -13.6. The highest BCUT2D eigenvalue weighted by molar-refractivity contribution is 7.99. The van der Waals surface area contributed by atoms with Gasteiger partial charge in [-0.05, 0) is 107 Å². The molecular formula is C83H127N15O20S. The fraction of sp³-hybridized carbons (Fsp3) is 0.614. The number of aliphatic imine (C=N–C) groups is 1. The molecule has 1 saturated heterocycles.